The molecule has 0 saturated carbocycles. The van der Waals surface area contributed by atoms with E-state index in [1.807, 2.05) is 4.68 Å². The topological polar surface area (TPSA) is 66.6 Å². The highest BCUT2D eigenvalue weighted by atomic mass is 15.3. The Bertz CT molecular complexity index is 488. The average Bonchev–Trinajstić information content (AvgIpc) is 2.69. The molecule has 0 unspecified atom stereocenters. The first-order valence-electron chi connectivity index (χ1n) is 5.88. The van der Waals surface area contributed by atoms with Crippen LogP contribution in [0.15, 0.2) is 5.11 Å². The minimum Gasteiger partial charge on any atom is -0.257 e. The van der Waals surface area contributed by atoms with Gasteiger partial charge in [0, 0.05) is 17.2 Å². The minimum atomic E-state index is 0.471. The predicted molar refractivity (Wildman–Crippen MR) is 65.4 cm³/mol. The Hall–Kier alpha value is -1.92. The molecule has 1 aromatic heterocycles. The SMILES string of the molecule is C#CCn1nc2c(c1CCN=[N+]=[N-])CCCC2. The van der Waals surface area contributed by atoms with E-state index in [9.17, 15) is 0 Å². The molecule has 17 heavy (non-hydrogen) atoms. The number of aromatic nitrogens is 2. The van der Waals surface area contributed by atoms with Crippen LogP contribution in [0.1, 0.15) is 29.8 Å². The van der Waals surface area contributed by atoms with Crippen molar-refractivity contribution in [2.75, 3.05) is 6.54 Å². The molecule has 0 amide bonds. The number of hydrogen-bond donors (Lipinski definition) is 0. The Morgan fingerprint density at radius 1 is 1.47 bits per heavy atom. The predicted octanol–water partition coefficient (Wildman–Crippen LogP) is 2.25. The van der Waals surface area contributed by atoms with Crippen LogP contribution < -0.4 is 0 Å². The Kier molecular flexibility index (Phi) is 3.69. The van der Waals surface area contributed by atoms with Crippen molar-refractivity contribution in [2.45, 2.75) is 38.6 Å². The Morgan fingerprint density at radius 3 is 3.06 bits per heavy atom. The zero-order valence-electron chi connectivity index (χ0n) is 9.76. The van der Waals surface area contributed by atoms with Gasteiger partial charge in [0.25, 0.3) is 0 Å². The maximum Gasteiger partial charge on any atom is 0.102 e. The number of fused-ring (bicyclic) bond motifs is 1. The quantitative estimate of drug-likeness (QED) is 0.338. The number of azide groups is 1. The van der Waals surface area contributed by atoms with Crippen LogP contribution in [0.25, 0.3) is 10.4 Å². The number of terminal acetylenes is 1. The highest BCUT2D eigenvalue weighted by molar-refractivity contribution is 5.29. The molecule has 0 aromatic carbocycles. The molecule has 2 rings (SSSR count). The van der Waals surface area contributed by atoms with Crippen molar-refractivity contribution in [2.24, 2.45) is 5.11 Å². The maximum atomic E-state index is 8.31. The first kappa shape index (κ1) is 11.6. The van der Waals surface area contributed by atoms with E-state index in [0.717, 1.165) is 25.0 Å². The molecule has 1 aromatic rings. The van der Waals surface area contributed by atoms with Crippen LogP contribution in [0.4, 0.5) is 0 Å². The molecule has 1 aliphatic carbocycles. The summed E-state index contributed by atoms with van der Waals surface area (Å²) in [5, 5.41) is 8.14. The molecular weight excluding hydrogens is 214 g/mol. The summed E-state index contributed by atoms with van der Waals surface area (Å²) >= 11 is 0. The molecule has 0 fully saturated rings. The molecule has 0 saturated heterocycles. The third-order valence-electron chi connectivity index (χ3n) is 3.09. The molecule has 5 heteroatoms. The number of nitrogens with zero attached hydrogens (tertiary/aromatic N) is 5. The van der Waals surface area contributed by atoms with Crippen molar-refractivity contribution in [3.8, 4) is 12.3 Å². The van der Waals surface area contributed by atoms with Gasteiger partial charge in [-0.3, -0.25) is 4.68 Å². The van der Waals surface area contributed by atoms with Crippen molar-refractivity contribution in [3.63, 3.8) is 0 Å². The van der Waals surface area contributed by atoms with Crippen molar-refractivity contribution >= 4 is 0 Å². The minimum absolute atomic E-state index is 0.471. The van der Waals surface area contributed by atoms with Crippen molar-refractivity contribution in [1.82, 2.24) is 9.78 Å². The summed E-state index contributed by atoms with van der Waals surface area (Å²) in [6.07, 6.45) is 10.6. The van der Waals surface area contributed by atoms with Crippen LogP contribution in [0, 0.1) is 12.3 Å². The first-order chi connectivity index (χ1) is 8.36. The van der Waals surface area contributed by atoms with E-state index in [0.29, 0.717) is 13.1 Å². The van der Waals surface area contributed by atoms with Crippen LogP contribution in [0.2, 0.25) is 0 Å². The number of hydrogen-bond acceptors (Lipinski definition) is 2. The summed E-state index contributed by atoms with van der Waals surface area (Å²) < 4.78 is 1.89. The monoisotopic (exact) mass is 229 g/mol. The Morgan fingerprint density at radius 2 is 2.29 bits per heavy atom. The van der Waals surface area contributed by atoms with Crippen LogP contribution in [0.5, 0.6) is 0 Å². The standard InChI is InChI=1S/C12H15N5/c1-2-9-17-12(7-8-14-16-13)10-5-3-4-6-11(10)15-17/h1H,3-9H2. The van der Waals surface area contributed by atoms with Gasteiger partial charge in [0.15, 0.2) is 0 Å². The van der Waals surface area contributed by atoms with E-state index >= 15 is 0 Å². The molecule has 0 aliphatic heterocycles. The third kappa shape index (κ3) is 2.43. The van der Waals surface area contributed by atoms with Crippen molar-refractivity contribution < 1.29 is 0 Å². The number of rotatable bonds is 4. The molecule has 5 nitrogen and oxygen atoms in total. The summed E-state index contributed by atoms with van der Waals surface area (Å²) in [5.74, 6) is 2.62. The lowest BCUT2D eigenvalue weighted by atomic mass is 9.95. The van der Waals surface area contributed by atoms with Gasteiger partial charge in [-0.05, 0) is 43.2 Å². The van der Waals surface area contributed by atoms with Gasteiger partial charge in [-0.1, -0.05) is 11.0 Å². The fourth-order valence-electron chi connectivity index (χ4n) is 2.37. The van der Waals surface area contributed by atoms with Crippen molar-refractivity contribution in [1.29, 1.82) is 0 Å². The van der Waals surface area contributed by atoms with E-state index in [4.69, 9.17) is 12.0 Å². The first-order valence-corrected chi connectivity index (χ1v) is 5.88. The summed E-state index contributed by atoms with van der Waals surface area (Å²) in [6, 6.07) is 0. The Balaban J connectivity index is 2.28. The molecule has 0 radical (unpaired) electrons. The highest BCUT2D eigenvalue weighted by Gasteiger charge is 2.19. The molecular formula is C12H15N5. The number of aryl methyl sites for hydroxylation is 1. The molecule has 0 atom stereocenters. The van der Waals surface area contributed by atoms with Gasteiger partial charge in [0.1, 0.15) is 6.54 Å². The Labute approximate surface area is 100 Å². The second-order valence-corrected chi connectivity index (χ2v) is 4.15. The van der Waals surface area contributed by atoms with Crippen LogP contribution in [-0.4, -0.2) is 16.3 Å². The zero-order valence-corrected chi connectivity index (χ0v) is 9.76. The molecule has 0 bridgehead atoms. The fourth-order valence-corrected chi connectivity index (χ4v) is 2.37. The van der Waals surface area contributed by atoms with Gasteiger partial charge >= 0.3 is 0 Å². The molecule has 88 valence electrons. The normalized spacial score (nSPS) is 13.6. The maximum absolute atomic E-state index is 8.31. The van der Waals surface area contributed by atoms with Gasteiger partial charge in [0.05, 0.1) is 5.69 Å². The lowest BCUT2D eigenvalue weighted by molar-refractivity contribution is 0.646. The van der Waals surface area contributed by atoms with Crippen molar-refractivity contribution in [3.05, 3.63) is 27.4 Å². The van der Waals surface area contributed by atoms with Crippen LogP contribution in [-0.2, 0) is 25.8 Å². The summed E-state index contributed by atoms with van der Waals surface area (Å²) in [5.41, 5.74) is 12.0. The van der Waals surface area contributed by atoms with E-state index in [-0.39, 0.29) is 0 Å². The summed E-state index contributed by atoms with van der Waals surface area (Å²) in [4.78, 5) is 2.78. The average molecular weight is 229 g/mol. The zero-order chi connectivity index (χ0) is 12.1. The van der Waals surface area contributed by atoms with Gasteiger partial charge in [-0.25, -0.2) is 0 Å². The molecule has 0 spiro atoms. The summed E-state index contributed by atoms with van der Waals surface area (Å²) in [6.45, 7) is 0.970. The van der Waals surface area contributed by atoms with E-state index in [2.05, 4.69) is 21.0 Å². The van der Waals surface area contributed by atoms with Gasteiger partial charge < -0.3 is 0 Å². The summed E-state index contributed by atoms with van der Waals surface area (Å²) in [7, 11) is 0. The van der Waals surface area contributed by atoms with E-state index in [1.54, 1.807) is 0 Å². The third-order valence-corrected chi connectivity index (χ3v) is 3.09. The van der Waals surface area contributed by atoms with E-state index in [1.165, 1.54) is 24.1 Å². The molecule has 1 heterocycles. The second-order valence-electron chi connectivity index (χ2n) is 4.15. The van der Waals surface area contributed by atoms with Crippen LogP contribution in [0.3, 0.4) is 0 Å². The fraction of sp³-hybridized carbons (Fsp3) is 0.583. The molecule has 0 N–H and O–H groups in total. The largest absolute Gasteiger partial charge is 0.257 e. The van der Waals surface area contributed by atoms with Gasteiger partial charge in [0.2, 0.25) is 0 Å². The lowest BCUT2D eigenvalue weighted by Gasteiger charge is -2.10. The highest BCUT2D eigenvalue weighted by Crippen LogP contribution is 2.24. The van der Waals surface area contributed by atoms with Gasteiger partial charge in [-0.15, -0.1) is 6.42 Å². The van der Waals surface area contributed by atoms with Gasteiger partial charge in [-0.2, -0.15) is 5.10 Å². The molecule has 1 aliphatic rings. The smallest absolute Gasteiger partial charge is 0.102 e. The second kappa shape index (κ2) is 5.42. The van der Waals surface area contributed by atoms with E-state index < -0.39 is 0 Å². The lowest BCUT2D eigenvalue weighted by Crippen LogP contribution is -2.07. The van der Waals surface area contributed by atoms with Crippen LogP contribution >= 0.6 is 0 Å².